The Morgan fingerprint density at radius 3 is 2.62 bits per heavy atom. The van der Waals surface area contributed by atoms with Crippen LogP contribution in [0.15, 0.2) is 24.4 Å². The van der Waals surface area contributed by atoms with Crippen molar-refractivity contribution in [3.8, 4) is 0 Å². The fourth-order valence-electron chi connectivity index (χ4n) is 3.07. The molecule has 1 aliphatic rings. The number of nitrogens with zero attached hydrogens (tertiary/aromatic N) is 2. The minimum atomic E-state index is -0.971. The Balaban J connectivity index is 0.00000100. The molecule has 1 saturated heterocycles. The zero-order chi connectivity index (χ0) is 17.7. The summed E-state index contributed by atoms with van der Waals surface area (Å²) in [5.74, 6) is -0.971. The summed E-state index contributed by atoms with van der Waals surface area (Å²) in [5.41, 5.74) is 8.94. The van der Waals surface area contributed by atoms with Crippen molar-refractivity contribution in [3.63, 3.8) is 0 Å². The number of aliphatic carboxylic acids is 1. The van der Waals surface area contributed by atoms with Gasteiger partial charge in [-0.3, -0.25) is 4.79 Å². The molecule has 2 aromatic rings. The minimum absolute atomic E-state index is 0.327. The monoisotopic (exact) mass is 333 g/mol. The van der Waals surface area contributed by atoms with Crippen molar-refractivity contribution in [2.45, 2.75) is 26.3 Å². The molecule has 0 spiro atoms. The molecule has 6 nitrogen and oxygen atoms in total. The van der Waals surface area contributed by atoms with Gasteiger partial charge in [-0.05, 0) is 17.7 Å². The molecule has 132 valence electrons. The van der Waals surface area contributed by atoms with Crippen LogP contribution in [0.4, 0.5) is 5.69 Å². The van der Waals surface area contributed by atoms with Gasteiger partial charge in [-0.25, -0.2) is 0 Å². The molecule has 0 saturated carbocycles. The molecule has 3 rings (SSSR count). The number of carboxylic acids is 1. The summed E-state index contributed by atoms with van der Waals surface area (Å²) in [6.07, 6.45) is 2.31. The van der Waals surface area contributed by atoms with Crippen LogP contribution in [0.2, 0.25) is 0 Å². The van der Waals surface area contributed by atoms with Crippen LogP contribution in [-0.2, 0) is 23.0 Å². The zero-order valence-electron chi connectivity index (χ0n) is 14.7. The van der Waals surface area contributed by atoms with E-state index < -0.39 is 12.0 Å². The second-order valence-electron chi connectivity index (χ2n) is 5.68. The van der Waals surface area contributed by atoms with Gasteiger partial charge in [-0.1, -0.05) is 19.9 Å². The number of ether oxygens (including phenoxy) is 1. The Kier molecular flexibility index (Phi) is 6.23. The van der Waals surface area contributed by atoms with Crippen LogP contribution < -0.4 is 10.6 Å². The zero-order valence-corrected chi connectivity index (χ0v) is 14.7. The van der Waals surface area contributed by atoms with E-state index in [0.29, 0.717) is 19.6 Å². The number of aryl methyl sites for hydroxylation is 1. The first-order valence-electron chi connectivity index (χ1n) is 8.46. The Bertz CT molecular complexity index is 690. The number of morpholine rings is 1. The fraction of sp³-hybridized carbons (Fsp3) is 0.500. The highest BCUT2D eigenvalue weighted by Crippen LogP contribution is 2.32. The predicted molar refractivity (Wildman–Crippen MR) is 96.6 cm³/mol. The number of nitrogens with two attached hydrogens (primary N) is 1. The number of anilines is 1. The molecule has 2 heterocycles. The molecular weight excluding hydrogens is 306 g/mol. The van der Waals surface area contributed by atoms with Gasteiger partial charge in [-0.15, -0.1) is 0 Å². The Labute approximate surface area is 142 Å². The topological polar surface area (TPSA) is 80.7 Å². The molecule has 0 amide bonds. The van der Waals surface area contributed by atoms with Gasteiger partial charge in [0.25, 0.3) is 0 Å². The molecule has 0 aliphatic carbocycles. The summed E-state index contributed by atoms with van der Waals surface area (Å²) in [5, 5.41) is 10.2. The summed E-state index contributed by atoms with van der Waals surface area (Å²) in [6.45, 7) is 7.12. The first-order valence-corrected chi connectivity index (χ1v) is 8.46. The molecule has 24 heavy (non-hydrogen) atoms. The van der Waals surface area contributed by atoms with Crippen molar-refractivity contribution in [1.29, 1.82) is 0 Å². The summed E-state index contributed by atoms with van der Waals surface area (Å²) in [7, 11) is 1.97. The Hall–Kier alpha value is -2.05. The van der Waals surface area contributed by atoms with Crippen LogP contribution in [-0.4, -0.2) is 48.0 Å². The van der Waals surface area contributed by atoms with E-state index in [0.717, 1.165) is 35.2 Å². The third kappa shape index (κ3) is 3.71. The fourth-order valence-corrected chi connectivity index (χ4v) is 3.07. The van der Waals surface area contributed by atoms with E-state index in [1.54, 1.807) is 0 Å². The van der Waals surface area contributed by atoms with E-state index in [-0.39, 0.29) is 0 Å². The third-order valence-corrected chi connectivity index (χ3v) is 4.18. The number of carboxylic acid groups (broad SMARTS) is 1. The van der Waals surface area contributed by atoms with E-state index in [1.807, 2.05) is 37.7 Å². The second kappa shape index (κ2) is 8.17. The molecule has 1 aromatic heterocycles. The van der Waals surface area contributed by atoms with Crippen molar-refractivity contribution < 1.29 is 14.6 Å². The van der Waals surface area contributed by atoms with E-state index in [2.05, 4.69) is 17.0 Å². The highest BCUT2D eigenvalue weighted by molar-refractivity contribution is 5.96. The maximum Gasteiger partial charge on any atom is 0.320 e. The van der Waals surface area contributed by atoms with Crippen molar-refractivity contribution >= 4 is 22.6 Å². The van der Waals surface area contributed by atoms with E-state index in [4.69, 9.17) is 15.6 Å². The number of aromatic nitrogens is 1. The van der Waals surface area contributed by atoms with Crippen LogP contribution in [0.3, 0.4) is 0 Å². The summed E-state index contributed by atoms with van der Waals surface area (Å²) >= 11 is 0. The predicted octanol–water partition coefficient (Wildman–Crippen LogP) is 2.00. The quantitative estimate of drug-likeness (QED) is 0.894. The summed E-state index contributed by atoms with van der Waals surface area (Å²) in [4.78, 5) is 13.4. The van der Waals surface area contributed by atoms with Crippen LogP contribution in [0.1, 0.15) is 19.4 Å². The number of rotatable bonds is 4. The maximum atomic E-state index is 11.1. The lowest BCUT2D eigenvalue weighted by Gasteiger charge is -2.29. The standard InChI is InChI=1S/C16H21N3O3.C2H6/c1-18-10-11(9-12(17)16(20)21)15-13(18)3-2-4-14(15)19-5-7-22-8-6-19;1-2/h2-4,10,12H,5-9,17H2,1H3,(H,20,21);1-2H3. The molecule has 1 aromatic carbocycles. The smallest absolute Gasteiger partial charge is 0.320 e. The second-order valence-corrected chi connectivity index (χ2v) is 5.68. The third-order valence-electron chi connectivity index (χ3n) is 4.18. The molecule has 0 radical (unpaired) electrons. The van der Waals surface area contributed by atoms with Crippen LogP contribution in [0, 0.1) is 0 Å². The van der Waals surface area contributed by atoms with Gasteiger partial charge in [0.1, 0.15) is 6.04 Å². The Morgan fingerprint density at radius 2 is 2.00 bits per heavy atom. The lowest BCUT2D eigenvalue weighted by atomic mass is 10.0. The van der Waals surface area contributed by atoms with Crippen molar-refractivity contribution in [2.24, 2.45) is 12.8 Å². The van der Waals surface area contributed by atoms with Gasteiger partial charge in [0.2, 0.25) is 0 Å². The van der Waals surface area contributed by atoms with Gasteiger partial charge in [0, 0.05) is 43.8 Å². The minimum Gasteiger partial charge on any atom is -0.480 e. The number of hydrogen-bond acceptors (Lipinski definition) is 4. The molecule has 1 aliphatic heterocycles. The lowest BCUT2D eigenvalue weighted by Crippen LogP contribution is -2.36. The van der Waals surface area contributed by atoms with Crippen LogP contribution >= 0.6 is 0 Å². The number of hydrogen-bond donors (Lipinski definition) is 2. The van der Waals surface area contributed by atoms with E-state index in [1.165, 1.54) is 0 Å². The van der Waals surface area contributed by atoms with Crippen molar-refractivity contribution in [1.82, 2.24) is 4.57 Å². The average Bonchev–Trinajstić information content (AvgIpc) is 2.93. The van der Waals surface area contributed by atoms with Crippen LogP contribution in [0.25, 0.3) is 10.9 Å². The summed E-state index contributed by atoms with van der Waals surface area (Å²) < 4.78 is 7.45. The maximum absolute atomic E-state index is 11.1. The summed E-state index contributed by atoms with van der Waals surface area (Å²) in [6, 6.07) is 5.29. The van der Waals surface area contributed by atoms with Gasteiger partial charge in [-0.2, -0.15) is 0 Å². The molecule has 6 heteroatoms. The highest BCUT2D eigenvalue weighted by atomic mass is 16.5. The van der Waals surface area contributed by atoms with Gasteiger partial charge in [0.15, 0.2) is 0 Å². The molecule has 1 atom stereocenters. The average molecular weight is 333 g/mol. The SMILES string of the molecule is CC.Cn1cc(CC(N)C(=O)O)c2c(N3CCOCC3)cccc21. The number of carbonyl (C=O) groups is 1. The van der Waals surface area contributed by atoms with Gasteiger partial charge >= 0.3 is 5.97 Å². The highest BCUT2D eigenvalue weighted by Gasteiger charge is 2.20. The van der Waals surface area contributed by atoms with Gasteiger partial charge in [0.05, 0.1) is 18.7 Å². The normalized spacial score (nSPS) is 15.8. The number of benzene rings is 1. The molecular formula is C18H27N3O3. The molecule has 1 unspecified atom stereocenters. The van der Waals surface area contributed by atoms with Crippen molar-refractivity contribution in [2.75, 3.05) is 31.2 Å². The first kappa shape index (κ1) is 18.3. The van der Waals surface area contributed by atoms with Crippen molar-refractivity contribution in [3.05, 3.63) is 30.0 Å². The van der Waals surface area contributed by atoms with E-state index in [9.17, 15) is 4.79 Å². The first-order chi connectivity index (χ1) is 11.6. The van der Waals surface area contributed by atoms with Gasteiger partial charge < -0.3 is 25.0 Å². The van der Waals surface area contributed by atoms with E-state index >= 15 is 0 Å². The molecule has 0 bridgehead atoms. The molecule has 3 N–H and O–H groups in total. The van der Waals surface area contributed by atoms with Crippen LogP contribution in [0.5, 0.6) is 0 Å². The lowest BCUT2D eigenvalue weighted by molar-refractivity contribution is -0.138. The number of fused-ring (bicyclic) bond motifs is 1. The largest absolute Gasteiger partial charge is 0.480 e. The Morgan fingerprint density at radius 1 is 1.33 bits per heavy atom. The molecule has 1 fully saturated rings.